The van der Waals surface area contributed by atoms with Crippen molar-refractivity contribution in [3.63, 3.8) is 0 Å². The zero-order valence-corrected chi connectivity index (χ0v) is 22.0. The lowest BCUT2D eigenvalue weighted by Gasteiger charge is -2.29. The van der Waals surface area contributed by atoms with Gasteiger partial charge in [0, 0.05) is 10.9 Å². The molecule has 1 heterocycles. The maximum atomic E-state index is 6.75. The minimum absolute atomic E-state index is 0.338. The topological polar surface area (TPSA) is 12.9 Å². The monoisotopic (exact) mass is 489 g/mol. The van der Waals surface area contributed by atoms with Crippen LogP contribution in [0.4, 0.5) is 0 Å². The quantitative estimate of drug-likeness (QED) is 0.180. The van der Waals surface area contributed by atoms with Gasteiger partial charge in [0.25, 0.3) is 0 Å². The van der Waals surface area contributed by atoms with E-state index in [0.29, 0.717) is 17.8 Å². The average Bonchev–Trinajstić information content (AvgIpc) is 3.31. The molecule has 3 unspecified atom stereocenters. The summed E-state index contributed by atoms with van der Waals surface area (Å²) in [7, 11) is 0. The van der Waals surface area contributed by atoms with Gasteiger partial charge in [0.15, 0.2) is 0 Å². The second kappa shape index (κ2) is 12.5. The van der Waals surface area contributed by atoms with Crippen LogP contribution in [0, 0.1) is 0 Å². The number of nitrogens with zero attached hydrogens (tertiary/aromatic N) is 1. The zero-order chi connectivity index (χ0) is 23.8. The lowest BCUT2D eigenvalue weighted by atomic mass is 9.77. The lowest BCUT2D eigenvalue weighted by molar-refractivity contribution is 0.442. The Hall–Kier alpha value is -2.16. The number of hydrogen-bond acceptors (Lipinski definition) is 2. The van der Waals surface area contributed by atoms with Gasteiger partial charge >= 0.3 is 0 Å². The zero-order valence-electron chi connectivity index (χ0n) is 20.4. The van der Waals surface area contributed by atoms with Gasteiger partial charge in [-0.1, -0.05) is 118 Å². The summed E-state index contributed by atoms with van der Waals surface area (Å²) in [5.41, 5.74) is 3.81. The normalized spacial score (nSPS) is 14.2. The second-order valence-corrected chi connectivity index (χ2v) is 11.0. The van der Waals surface area contributed by atoms with Crippen LogP contribution in [0.2, 0.25) is 5.02 Å². The fourth-order valence-corrected chi connectivity index (χ4v) is 6.47. The molecular weight excluding hydrogens is 454 g/mol. The molecule has 0 fully saturated rings. The molecular formula is C31H36ClNS. The molecule has 4 rings (SSSR count). The van der Waals surface area contributed by atoms with Gasteiger partial charge in [-0.2, -0.15) is 0 Å². The molecule has 178 valence electrons. The first-order valence-corrected chi connectivity index (χ1v) is 14.0. The molecule has 0 radical (unpaired) electrons. The van der Waals surface area contributed by atoms with Crippen LogP contribution in [0.25, 0.3) is 10.2 Å². The molecule has 1 nitrogen and oxygen atoms in total. The predicted molar refractivity (Wildman–Crippen MR) is 149 cm³/mol. The number of fused-ring (bicyclic) bond motifs is 1. The Kier molecular flexibility index (Phi) is 9.18. The summed E-state index contributed by atoms with van der Waals surface area (Å²) in [5, 5.41) is 2.14. The van der Waals surface area contributed by atoms with Crippen molar-refractivity contribution in [2.24, 2.45) is 0 Å². The first-order valence-electron chi connectivity index (χ1n) is 12.8. The lowest BCUT2D eigenvalue weighted by Crippen LogP contribution is -2.14. The van der Waals surface area contributed by atoms with E-state index in [-0.39, 0.29) is 0 Å². The first-order chi connectivity index (χ1) is 16.7. The molecule has 0 amide bonds. The van der Waals surface area contributed by atoms with Gasteiger partial charge in [0.05, 0.1) is 15.2 Å². The van der Waals surface area contributed by atoms with Crippen LogP contribution >= 0.6 is 22.9 Å². The molecule has 0 bridgehead atoms. The van der Waals surface area contributed by atoms with Crippen molar-refractivity contribution in [2.45, 2.75) is 76.5 Å². The maximum Gasteiger partial charge on any atom is 0.0972 e. The molecule has 3 aromatic carbocycles. The molecule has 0 saturated heterocycles. The number of halogens is 1. The standard InChI is InChI=1S/C31H36ClNS/c1-3-4-5-6-8-17-25(26-18-11-12-19-28(26)32)22-27(24-15-9-7-10-16-24)23(2)31-33-29-20-13-14-21-30(29)34-31/h7,9-16,18-21,23,25,27H,3-6,8,17,22H2,1-2H3. The molecule has 0 spiro atoms. The van der Waals surface area contributed by atoms with E-state index in [1.54, 1.807) is 0 Å². The summed E-state index contributed by atoms with van der Waals surface area (Å²) >= 11 is 8.59. The number of unbranched alkanes of at least 4 members (excludes halogenated alkanes) is 4. The van der Waals surface area contributed by atoms with Crippen LogP contribution in [0.15, 0.2) is 78.9 Å². The van der Waals surface area contributed by atoms with E-state index in [1.165, 1.54) is 59.4 Å². The van der Waals surface area contributed by atoms with Gasteiger partial charge in [-0.15, -0.1) is 11.3 Å². The highest BCUT2D eigenvalue weighted by molar-refractivity contribution is 7.18. The Labute approximate surface area is 214 Å². The SMILES string of the molecule is CCCCCCCC(CC(c1ccccc1)C(C)c1nc2ccccc2s1)c1ccccc1Cl. The van der Waals surface area contributed by atoms with E-state index in [9.17, 15) is 0 Å². The summed E-state index contributed by atoms with van der Waals surface area (Å²) in [6.07, 6.45) is 8.77. The van der Waals surface area contributed by atoms with Gasteiger partial charge < -0.3 is 0 Å². The molecule has 3 heteroatoms. The fraction of sp³-hybridized carbons (Fsp3) is 0.387. The minimum Gasteiger partial charge on any atom is -0.241 e. The number of hydrogen-bond donors (Lipinski definition) is 0. The summed E-state index contributed by atoms with van der Waals surface area (Å²) in [6.45, 7) is 4.64. The Morgan fingerprint density at radius 1 is 0.824 bits per heavy atom. The van der Waals surface area contributed by atoms with Crippen LogP contribution < -0.4 is 0 Å². The molecule has 0 aliphatic heterocycles. The number of rotatable bonds is 12. The number of aromatic nitrogens is 1. The molecule has 34 heavy (non-hydrogen) atoms. The smallest absolute Gasteiger partial charge is 0.0972 e. The van der Waals surface area contributed by atoms with E-state index in [2.05, 4.69) is 86.6 Å². The summed E-state index contributed by atoms with van der Waals surface area (Å²) in [5.74, 6) is 1.17. The first kappa shape index (κ1) is 24.9. The third-order valence-electron chi connectivity index (χ3n) is 7.07. The van der Waals surface area contributed by atoms with Crippen molar-refractivity contribution in [2.75, 3.05) is 0 Å². The number of benzene rings is 3. The fourth-order valence-electron chi connectivity index (χ4n) is 5.09. The van der Waals surface area contributed by atoms with Crippen LogP contribution in [0.3, 0.4) is 0 Å². The van der Waals surface area contributed by atoms with Crippen molar-refractivity contribution < 1.29 is 0 Å². The third-order valence-corrected chi connectivity index (χ3v) is 8.65. The highest BCUT2D eigenvalue weighted by atomic mass is 35.5. The van der Waals surface area contributed by atoms with Crippen molar-refractivity contribution in [1.82, 2.24) is 4.98 Å². The highest BCUT2D eigenvalue weighted by Crippen LogP contribution is 2.44. The minimum atomic E-state index is 0.338. The van der Waals surface area contributed by atoms with E-state index in [0.717, 1.165) is 17.0 Å². The predicted octanol–water partition coefficient (Wildman–Crippen LogP) is 10.4. The number of thiazole rings is 1. The van der Waals surface area contributed by atoms with Crippen molar-refractivity contribution in [3.8, 4) is 0 Å². The number of para-hydroxylation sites is 1. The van der Waals surface area contributed by atoms with E-state index in [4.69, 9.17) is 16.6 Å². The van der Waals surface area contributed by atoms with Gasteiger partial charge in [0.1, 0.15) is 0 Å². The average molecular weight is 490 g/mol. The Morgan fingerprint density at radius 3 is 2.29 bits per heavy atom. The van der Waals surface area contributed by atoms with Gasteiger partial charge in [-0.05, 0) is 54.0 Å². The van der Waals surface area contributed by atoms with Crippen LogP contribution in [0.1, 0.15) is 92.7 Å². The maximum absolute atomic E-state index is 6.75. The van der Waals surface area contributed by atoms with Crippen LogP contribution in [-0.2, 0) is 0 Å². The summed E-state index contributed by atoms with van der Waals surface area (Å²) in [4.78, 5) is 5.04. The largest absolute Gasteiger partial charge is 0.241 e. The molecule has 3 atom stereocenters. The van der Waals surface area contributed by atoms with Crippen molar-refractivity contribution in [1.29, 1.82) is 0 Å². The van der Waals surface area contributed by atoms with Crippen molar-refractivity contribution in [3.05, 3.63) is 100 Å². The highest BCUT2D eigenvalue weighted by Gasteiger charge is 2.28. The van der Waals surface area contributed by atoms with E-state index < -0.39 is 0 Å². The van der Waals surface area contributed by atoms with Crippen LogP contribution in [0.5, 0.6) is 0 Å². The van der Waals surface area contributed by atoms with Crippen molar-refractivity contribution >= 4 is 33.2 Å². The van der Waals surface area contributed by atoms with E-state index in [1.807, 2.05) is 17.4 Å². The van der Waals surface area contributed by atoms with Gasteiger partial charge in [-0.25, -0.2) is 4.98 Å². The Balaban J connectivity index is 1.63. The Bertz CT molecular complexity index is 1120. The van der Waals surface area contributed by atoms with Crippen LogP contribution in [-0.4, -0.2) is 4.98 Å². The third kappa shape index (κ3) is 6.29. The van der Waals surface area contributed by atoms with Gasteiger partial charge in [0.2, 0.25) is 0 Å². The second-order valence-electron chi connectivity index (χ2n) is 9.48. The van der Waals surface area contributed by atoms with Gasteiger partial charge in [-0.3, -0.25) is 0 Å². The molecule has 0 aliphatic rings. The molecule has 0 N–H and O–H groups in total. The summed E-state index contributed by atoms with van der Waals surface area (Å²) < 4.78 is 1.27. The summed E-state index contributed by atoms with van der Waals surface area (Å²) in [6, 6.07) is 28.0. The molecule has 0 aliphatic carbocycles. The molecule has 1 aromatic heterocycles. The molecule has 4 aromatic rings. The Morgan fingerprint density at radius 2 is 1.53 bits per heavy atom. The van der Waals surface area contributed by atoms with E-state index >= 15 is 0 Å². The molecule has 0 saturated carbocycles.